The van der Waals surface area contributed by atoms with Crippen LogP contribution in [0.5, 0.6) is 5.75 Å². The molecule has 2 aromatic heterocycles. The predicted octanol–water partition coefficient (Wildman–Crippen LogP) is 2.65. The Hall–Kier alpha value is -2.74. The van der Waals surface area contributed by atoms with Crippen LogP contribution in [-0.2, 0) is 6.54 Å². The number of thiazole rings is 1. The Bertz CT molecular complexity index is 800. The first-order valence-electron chi connectivity index (χ1n) is 7.57. The van der Waals surface area contributed by atoms with E-state index in [1.165, 1.54) is 17.7 Å². The number of carbonyl (C=O) groups excluding carboxylic acids is 1. The molecule has 0 aliphatic carbocycles. The van der Waals surface area contributed by atoms with Gasteiger partial charge in [-0.1, -0.05) is 19.1 Å². The summed E-state index contributed by atoms with van der Waals surface area (Å²) in [6.45, 7) is 3.15. The van der Waals surface area contributed by atoms with Gasteiger partial charge in [-0.25, -0.2) is 9.97 Å². The fourth-order valence-electron chi connectivity index (χ4n) is 2.03. The normalized spacial score (nSPS) is 10.5. The number of rotatable bonds is 7. The first-order chi connectivity index (χ1) is 11.8. The minimum absolute atomic E-state index is 0.225. The second kappa shape index (κ2) is 7.69. The maximum atomic E-state index is 12.2. The Morgan fingerprint density at radius 2 is 2.33 bits per heavy atom. The molecule has 0 aliphatic rings. The number of aromatic amines is 1. The van der Waals surface area contributed by atoms with Crippen molar-refractivity contribution in [1.29, 1.82) is 0 Å². The van der Waals surface area contributed by atoms with Crippen molar-refractivity contribution in [3.05, 3.63) is 47.2 Å². The second-order valence-electron chi connectivity index (χ2n) is 5.05. The third-order valence-corrected chi connectivity index (χ3v) is 4.03. The highest BCUT2D eigenvalue weighted by Gasteiger charge is 2.13. The lowest BCUT2D eigenvalue weighted by Gasteiger charge is -2.07. The van der Waals surface area contributed by atoms with Gasteiger partial charge >= 0.3 is 0 Å². The molecule has 3 aromatic rings. The van der Waals surface area contributed by atoms with E-state index < -0.39 is 0 Å². The first-order valence-corrected chi connectivity index (χ1v) is 8.45. The Morgan fingerprint density at radius 3 is 3.12 bits per heavy atom. The molecule has 1 amide bonds. The van der Waals surface area contributed by atoms with Crippen LogP contribution in [0.4, 0.5) is 0 Å². The van der Waals surface area contributed by atoms with Crippen LogP contribution >= 0.6 is 11.3 Å². The zero-order chi connectivity index (χ0) is 16.8. The van der Waals surface area contributed by atoms with E-state index in [0.29, 0.717) is 29.7 Å². The maximum absolute atomic E-state index is 12.2. The van der Waals surface area contributed by atoms with E-state index in [1.807, 2.05) is 24.3 Å². The number of benzene rings is 1. The van der Waals surface area contributed by atoms with Crippen LogP contribution in [0.25, 0.3) is 10.8 Å². The summed E-state index contributed by atoms with van der Waals surface area (Å²) < 4.78 is 5.59. The van der Waals surface area contributed by atoms with Gasteiger partial charge in [0.2, 0.25) is 0 Å². The number of ether oxygens (including phenoxy) is 1. The Labute approximate surface area is 143 Å². The molecule has 0 spiro atoms. The molecular formula is C16H17N5O2S. The molecule has 2 N–H and O–H groups in total. The summed E-state index contributed by atoms with van der Waals surface area (Å²) in [5, 5.41) is 11.7. The maximum Gasteiger partial charge on any atom is 0.271 e. The van der Waals surface area contributed by atoms with Crippen LogP contribution in [-0.4, -0.2) is 32.7 Å². The lowest BCUT2D eigenvalue weighted by atomic mass is 10.2. The van der Waals surface area contributed by atoms with Gasteiger partial charge in [0.1, 0.15) is 17.8 Å². The van der Waals surface area contributed by atoms with Gasteiger partial charge in [0, 0.05) is 11.9 Å². The molecule has 0 aliphatic heterocycles. The second-order valence-corrected chi connectivity index (χ2v) is 5.91. The summed E-state index contributed by atoms with van der Waals surface area (Å²) >= 11 is 1.34. The van der Waals surface area contributed by atoms with Crippen molar-refractivity contribution in [2.75, 3.05) is 6.61 Å². The molecule has 0 saturated carbocycles. The first kappa shape index (κ1) is 16.1. The number of aromatic nitrogens is 4. The van der Waals surface area contributed by atoms with Gasteiger partial charge in [0.25, 0.3) is 5.91 Å². The lowest BCUT2D eigenvalue weighted by Crippen LogP contribution is -2.23. The molecule has 0 bridgehead atoms. The quantitative estimate of drug-likeness (QED) is 0.688. The topological polar surface area (TPSA) is 92.8 Å². The van der Waals surface area contributed by atoms with Crippen LogP contribution in [0.15, 0.2) is 36.0 Å². The third-order valence-electron chi connectivity index (χ3n) is 3.18. The van der Waals surface area contributed by atoms with E-state index in [1.54, 1.807) is 5.38 Å². The predicted molar refractivity (Wildman–Crippen MR) is 90.9 cm³/mol. The van der Waals surface area contributed by atoms with Crippen LogP contribution < -0.4 is 10.1 Å². The molecule has 7 nitrogen and oxygen atoms in total. The minimum Gasteiger partial charge on any atom is -0.494 e. The van der Waals surface area contributed by atoms with Gasteiger partial charge in [0.05, 0.1) is 6.61 Å². The molecule has 0 atom stereocenters. The number of nitrogens with zero attached hydrogens (tertiary/aromatic N) is 3. The number of nitrogens with one attached hydrogen (secondary N) is 2. The average Bonchev–Trinajstić information content (AvgIpc) is 3.29. The molecule has 2 heterocycles. The number of hydrogen-bond acceptors (Lipinski definition) is 6. The van der Waals surface area contributed by atoms with Gasteiger partial charge in [0.15, 0.2) is 10.8 Å². The molecule has 24 heavy (non-hydrogen) atoms. The van der Waals surface area contributed by atoms with E-state index in [2.05, 4.69) is 32.4 Å². The number of hydrogen-bond donors (Lipinski definition) is 2. The monoisotopic (exact) mass is 343 g/mol. The smallest absolute Gasteiger partial charge is 0.271 e. The van der Waals surface area contributed by atoms with E-state index in [4.69, 9.17) is 4.74 Å². The molecule has 1 aromatic carbocycles. The zero-order valence-electron chi connectivity index (χ0n) is 13.2. The van der Waals surface area contributed by atoms with Crippen molar-refractivity contribution >= 4 is 17.2 Å². The summed E-state index contributed by atoms with van der Waals surface area (Å²) in [5.41, 5.74) is 1.34. The van der Waals surface area contributed by atoms with E-state index in [9.17, 15) is 4.79 Å². The van der Waals surface area contributed by atoms with Gasteiger partial charge < -0.3 is 10.1 Å². The zero-order valence-corrected chi connectivity index (χ0v) is 14.0. The molecular weight excluding hydrogens is 326 g/mol. The largest absolute Gasteiger partial charge is 0.494 e. The van der Waals surface area contributed by atoms with Crippen LogP contribution in [0.2, 0.25) is 0 Å². The van der Waals surface area contributed by atoms with Crippen molar-refractivity contribution in [3.63, 3.8) is 0 Å². The summed E-state index contributed by atoms with van der Waals surface area (Å²) in [6.07, 6.45) is 2.36. The van der Waals surface area contributed by atoms with Gasteiger partial charge in [-0.05, 0) is 24.1 Å². The van der Waals surface area contributed by atoms with Crippen LogP contribution in [0.1, 0.15) is 29.4 Å². The highest BCUT2D eigenvalue weighted by atomic mass is 32.1. The van der Waals surface area contributed by atoms with Gasteiger partial charge in [-0.2, -0.15) is 5.10 Å². The minimum atomic E-state index is -0.225. The van der Waals surface area contributed by atoms with Gasteiger partial charge in [-0.15, -0.1) is 11.3 Å². The number of H-pyrrole nitrogens is 1. The van der Waals surface area contributed by atoms with Gasteiger partial charge in [-0.3, -0.25) is 9.89 Å². The average molecular weight is 343 g/mol. The molecule has 0 unspecified atom stereocenters. The molecule has 124 valence electrons. The Balaban J connectivity index is 1.59. The van der Waals surface area contributed by atoms with Crippen molar-refractivity contribution in [2.24, 2.45) is 0 Å². The van der Waals surface area contributed by atoms with E-state index in [0.717, 1.165) is 17.7 Å². The molecule has 0 radical (unpaired) electrons. The van der Waals surface area contributed by atoms with Crippen molar-refractivity contribution in [3.8, 4) is 16.6 Å². The number of carbonyl (C=O) groups is 1. The third kappa shape index (κ3) is 3.96. The van der Waals surface area contributed by atoms with Crippen molar-refractivity contribution in [2.45, 2.75) is 19.9 Å². The molecule has 3 rings (SSSR count). The summed E-state index contributed by atoms with van der Waals surface area (Å²) in [5.74, 6) is 1.14. The lowest BCUT2D eigenvalue weighted by molar-refractivity contribution is 0.0946. The Kier molecular flexibility index (Phi) is 5.17. The van der Waals surface area contributed by atoms with Crippen LogP contribution in [0.3, 0.4) is 0 Å². The fourth-order valence-corrected chi connectivity index (χ4v) is 2.78. The molecule has 0 fully saturated rings. The Morgan fingerprint density at radius 1 is 1.42 bits per heavy atom. The highest BCUT2D eigenvalue weighted by molar-refractivity contribution is 7.13. The summed E-state index contributed by atoms with van der Waals surface area (Å²) in [7, 11) is 0. The summed E-state index contributed by atoms with van der Waals surface area (Å²) in [4.78, 5) is 20.5. The van der Waals surface area contributed by atoms with Crippen LogP contribution in [0, 0.1) is 0 Å². The molecule has 8 heteroatoms. The van der Waals surface area contributed by atoms with E-state index >= 15 is 0 Å². The fraction of sp³-hybridized carbons (Fsp3) is 0.250. The standard InChI is InChI=1S/C16H17N5O2S/c1-2-6-23-12-5-3-4-11(7-12)8-17-15(22)13-9-24-16(20-13)14-18-10-19-21-14/h3-5,7,9-10H,2,6,8H2,1H3,(H,17,22)(H,18,19,21). The highest BCUT2D eigenvalue weighted by Crippen LogP contribution is 2.19. The van der Waals surface area contributed by atoms with Crippen molar-refractivity contribution < 1.29 is 9.53 Å². The number of amides is 1. The SMILES string of the molecule is CCCOc1cccc(CNC(=O)c2csc(-c3ncn[nH]3)n2)c1. The summed E-state index contributed by atoms with van der Waals surface area (Å²) in [6, 6.07) is 7.69. The molecule has 0 saturated heterocycles. The van der Waals surface area contributed by atoms with Crippen molar-refractivity contribution in [1.82, 2.24) is 25.5 Å². The van der Waals surface area contributed by atoms with E-state index in [-0.39, 0.29) is 5.91 Å².